The molecule has 0 radical (unpaired) electrons. The number of hydrogen-bond acceptors (Lipinski definition) is 4. The smallest absolute Gasteiger partial charge is 0.410 e. The summed E-state index contributed by atoms with van der Waals surface area (Å²) in [6.07, 6.45) is 1.80. The van der Waals surface area contributed by atoms with E-state index in [1.165, 1.54) is 11.2 Å². The Balaban J connectivity index is 2.35. The Morgan fingerprint density at radius 2 is 2.25 bits per heavy atom. The lowest BCUT2D eigenvalue weighted by Gasteiger charge is -2.24. The maximum atomic E-state index is 11.6. The Labute approximate surface area is 95.0 Å². The summed E-state index contributed by atoms with van der Waals surface area (Å²) in [5.74, 6) is 0.690. The van der Waals surface area contributed by atoms with E-state index in [9.17, 15) is 4.79 Å². The number of ether oxygens (including phenoxy) is 1. The maximum Gasteiger partial charge on any atom is 0.410 e. The third kappa shape index (κ3) is 4.29. The third-order valence-corrected chi connectivity index (χ3v) is 1.84. The lowest BCUT2D eigenvalue weighted by Crippen LogP contribution is -2.35. The van der Waals surface area contributed by atoms with Crippen molar-refractivity contribution < 1.29 is 9.53 Å². The van der Waals surface area contributed by atoms with Gasteiger partial charge in [-0.25, -0.2) is 9.78 Å². The molecule has 16 heavy (non-hydrogen) atoms. The molecule has 0 spiro atoms. The highest BCUT2D eigenvalue weighted by Crippen LogP contribution is 2.09. The number of aromatic nitrogens is 3. The number of H-pyrrole nitrogens is 1. The highest BCUT2D eigenvalue weighted by Gasteiger charge is 2.19. The number of nitrogens with one attached hydrogen (secondary N) is 1. The van der Waals surface area contributed by atoms with Crippen LogP contribution in [0.25, 0.3) is 0 Å². The van der Waals surface area contributed by atoms with Gasteiger partial charge in [-0.05, 0) is 20.8 Å². The van der Waals surface area contributed by atoms with Gasteiger partial charge in [-0.1, -0.05) is 0 Å². The van der Waals surface area contributed by atoms with E-state index >= 15 is 0 Å². The molecule has 1 amide bonds. The number of carbonyl (C=O) groups is 1. The summed E-state index contributed by atoms with van der Waals surface area (Å²) in [5.41, 5.74) is -0.462. The van der Waals surface area contributed by atoms with Crippen molar-refractivity contribution in [2.24, 2.45) is 0 Å². The van der Waals surface area contributed by atoms with Crippen LogP contribution in [0.2, 0.25) is 0 Å². The van der Waals surface area contributed by atoms with Gasteiger partial charge in [0.05, 0.1) is 0 Å². The molecule has 0 atom stereocenters. The van der Waals surface area contributed by atoms with Crippen LogP contribution < -0.4 is 0 Å². The van der Waals surface area contributed by atoms with Gasteiger partial charge in [0.2, 0.25) is 0 Å². The first-order chi connectivity index (χ1) is 7.38. The van der Waals surface area contributed by atoms with Crippen molar-refractivity contribution in [3.63, 3.8) is 0 Å². The second-order valence-electron chi connectivity index (χ2n) is 4.57. The number of hydrogen-bond donors (Lipinski definition) is 1. The molecule has 1 aromatic rings. The molecular weight excluding hydrogens is 208 g/mol. The second-order valence-corrected chi connectivity index (χ2v) is 4.57. The zero-order valence-electron chi connectivity index (χ0n) is 10.1. The van der Waals surface area contributed by atoms with Gasteiger partial charge in [0.1, 0.15) is 11.9 Å². The predicted octanol–water partition coefficient (Wildman–Crippen LogP) is 1.21. The molecule has 1 rings (SSSR count). The summed E-state index contributed by atoms with van der Waals surface area (Å²) in [6.45, 7) is 6.06. The molecule has 0 aliphatic rings. The molecule has 0 aliphatic carbocycles. The van der Waals surface area contributed by atoms with Gasteiger partial charge in [0.25, 0.3) is 0 Å². The molecule has 1 heterocycles. The highest BCUT2D eigenvalue weighted by atomic mass is 16.6. The summed E-state index contributed by atoms with van der Waals surface area (Å²) in [7, 11) is 1.70. The fraction of sp³-hybridized carbons (Fsp3) is 0.700. The number of amides is 1. The van der Waals surface area contributed by atoms with Crippen molar-refractivity contribution in [3.05, 3.63) is 12.2 Å². The minimum Gasteiger partial charge on any atom is -0.444 e. The zero-order chi connectivity index (χ0) is 12.2. The van der Waals surface area contributed by atoms with E-state index in [0.29, 0.717) is 18.8 Å². The number of rotatable bonds is 3. The molecule has 6 nitrogen and oxygen atoms in total. The monoisotopic (exact) mass is 226 g/mol. The van der Waals surface area contributed by atoms with Crippen LogP contribution in [0.3, 0.4) is 0 Å². The lowest BCUT2D eigenvalue weighted by molar-refractivity contribution is 0.0300. The maximum absolute atomic E-state index is 11.6. The highest BCUT2D eigenvalue weighted by molar-refractivity contribution is 5.67. The summed E-state index contributed by atoms with van der Waals surface area (Å²) in [6, 6.07) is 0. The largest absolute Gasteiger partial charge is 0.444 e. The Kier molecular flexibility index (Phi) is 3.87. The van der Waals surface area contributed by atoms with Crippen LogP contribution in [-0.2, 0) is 11.2 Å². The molecule has 0 fully saturated rings. The van der Waals surface area contributed by atoms with Gasteiger partial charge in [-0.15, -0.1) is 0 Å². The van der Waals surface area contributed by atoms with E-state index in [-0.39, 0.29) is 6.09 Å². The first-order valence-corrected chi connectivity index (χ1v) is 5.17. The van der Waals surface area contributed by atoms with Crippen molar-refractivity contribution in [2.45, 2.75) is 32.8 Å². The zero-order valence-corrected chi connectivity index (χ0v) is 10.1. The van der Waals surface area contributed by atoms with E-state index in [4.69, 9.17) is 4.74 Å². The first kappa shape index (κ1) is 12.5. The first-order valence-electron chi connectivity index (χ1n) is 5.17. The number of nitrogens with zero attached hydrogens (tertiary/aromatic N) is 3. The quantitative estimate of drug-likeness (QED) is 0.841. The Hall–Kier alpha value is -1.59. The van der Waals surface area contributed by atoms with Crippen molar-refractivity contribution in [1.29, 1.82) is 0 Å². The van der Waals surface area contributed by atoms with Crippen LogP contribution in [0, 0.1) is 0 Å². The number of likely N-dealkylation sites (N-methyl/N-ethyl adjacent to an activating group) is 1. The van der Waals surface area contributed by atoms with Gasteiger partial charge in [-0.2, -0.15) is 5.10 Å². The van der Waals surface area contributed by atoms with Crippen LogP contribution in [0.15, 0.2) is 6.33 Å². The number of aromatic amines is 1. The fourth-order valence-electron chi connectivity index (χ4n) is 1.05. The Morgan fingerprint density at radius 3 is 2.75 bits per heavy atom. The van der Waals surface area contributed by atoms with Crippen molar-refractivity contribution >= 4 is 6.09 Å². The lowest BCUT2D eigenvalue weighted by atomic mass is 10.2. The van der Waals surface area contributed by atoms with E-state index in [1.807, 2.05) is 20.8 Å². The van der Waals surface area contributed by atoms with E-state index in [0.717, 1.165) is 0 Å². The van der Waals surface area contributed by atoms with Crippen LogP contribution in [0.4, 0.5) is 4.79 Å². The van der Waals surface area contributed by atoms with E-state index < -0.39 is 5.60 Å². The molecular formula is C10H18N4O2. The van der Waals surface area contributed by atoms with Gasteiger partial charge >= 0.3 is 6.09 Å². The van der Waals surface area contributed by atoms with Crippen LogP contribution in [0.5, 0.6) is 0 Å². The normalized spacial score (nSPS) is 11.2. The molecule has 0 unspecified atom stereocenters. The molecule has 6 heteroatoms. The Morgan fingerprint density at radius 1 is 1.56 bits per heavy atom. The van der Waals surface area contributed by atoms with E-state index in [2.05, 4.69) is 15.2 Å². The third-order valence-electron chi connectivity index (χ3n) is 1.84. The predicted molar refractivity (Wildman–Crippen MR) is 59.0 cm³/mol. The van der Waals surface area contributed by atoms with Crippen LogP contribution in [0.1, 0.15) is 26.6 Å². The molecule has 0 saturated carbocycles. The summed E-state index contributed by atoms with van der Waals surface area (Å²) >= 11 is 0. The van der Waals surface area contributed by atoms with Crippen molar-refractivity contribution in [1.82, 2.24) is 20.1 Å². The van der Waals surface area contributed by atoms with Gasteiger partial charge in [-0.3, -0.25) is 5.10 Å². The van der Waals surface area contributed by atoms with Crippen LogP contribution >= 0.6 is 0 Å². The standard InChI is InChI=1S/C10H18N4O2/c1-10(2,3)16-9(15)14(4)6-5-8-11-7-12-13-8/h7H,5-6H2,1-4H3,(H,11,12,13). The summed E-state index contributed by atoms with van der Waals surface area (Å²) < 4.78 is 5.21. The van der Waals surface area contributed by atoms with E-state index in [1.54, 1.807) is 7.05 Å². The van der Waals surface area contributed by atoms with Gasteiger partial charge in [0, 0.05) is 20.0 Å². The molecule has 90 valence electrons. The van der Waals surface area contributed by atoms with Gasteiger partial charge < -0.3 is 9.64 Å². The average Bonchev–Trinajstić information content (AvgIpc) is 2.63. The minimum atomic E-state index is -0.462. The second kappa shape index (κ2) is 4.96. The van der Waals surface area contributed by atoms with Gasteiger partial charge in [0.15, 0.2) is 5.82 Å². The molecule has 0 saturated heterocycles. The fourth-order valence-corrected chi connectivity index (χ4v) is 1.05. The molecule has 1 aromatic heterocycles. The Bertz CT molecular complexity index is 329. The minimum absolute atomic E-state index is 0.331. The summed E-state index contributed by atoms with van der Waals surface area (Å²) in [5, 5.41) is 6.53. The van der Waals surface area contributed by atoms with Crippen molar-refractivity contribution in [3.8, 4) is 0 Å². The van der Waals surface area contributed by atoms with Crippen LogP contribution in [-0.4, -0.2) is 45.4 Å². The molecule has 0 aliphatic heterocycles. The average molecular weight is 226 g/mol. The SMILES string of the molecule is CN(CCc1nc[nH]n1)C(=O)OC(C)(C)C. The molecule has 0 bridgehead atoms. The number of carbonyl (C=O) groups excluding carboxylic acids is 1. The van der Waals surface area contributed by atoms with Crippen molar-refractivity contribution in [2.75, 3.05) is 13.6 Å². The summed E-state index contributed by atoms with van der Waals surface area (Å²) in [4.78, 5) is 17.1. The molecule has 0 aromatic carbocycles. The molecule has 1 N–H and O–H groups in total. The topological polar surface area (TPSA) is 71.1 Å².